The summed E-state index contributed by atoms with van der Waals surface area (Å²) in [5.41, 5.74) is 3.00. The van der Waals surface area contributed by atoms with Gasteiger partial charge in [-0.05, 0) is 54.4 Å². The number of halogens is 2. The second kappa shape index (κ2) is 10.6. The summed E-state index contributed by atoms with van der Waals surface area (Å²) < 4.78 is 5.85. The highest BCUT2D eigenvalue weighted by Crippen LogP contribution is 2.43. The van der Waals surface area contributed by atoms with Crippen LogP contribution in [-0.2, 0) is 15.1 Å². The highest BCUT2D eigenvalue weighted by atomic mass is 35.5. The van der Waals surface area contributed by atoms with Gasteiger partial charge in [-0.2, -0.15) is 0 Å². The van der Waals surface area contributed by atoms with Crippen molar-refractivity contribution in [2.24, 2.45) is 0 Å². The SMILES string of the molecule is O=C1OC2(CCN(CCCNC(=O)C(c3ccc(Cl)cc3)c3ccc(Cl)cc3)CC2)c2ccccc21. The molecule has 1 spiro atoms. The molecule has 0 aliphatic carbocycles. The Bertz CT molecular complexity index is 1190. The van der Waals surface area contributed by atoms with Crippen LogP contribution < -0.4 is 5.32 Å². The normalized spacial score (nSPS) is 16.7. The average Bonchev–Trinajstić information content (AvgIpc) is 3.16. The fourth-order valence-corrected chi connectivity index (χ4v) is 5.53. The maximum absolute atomic E-state index is 13.2. The Balaban J connectivity index is 1.15. The van der Waals surface area contributed by atoms with Gasteiger partial charge < -0.3 is 15.0 Å². The average molecular weight is 523 g/mol. The molecule has 0 aromatic heterocycles. The van der Waals surface area contributed by atoms with Gasteiger partial charge in [-0.25, -0.2) is 4.79 Å². The molecule has 0 bridgehead atoms. The zero-order chi connectivity index (χ0) is 25.1. The highest BCUT2D eigenvalue weighted by molar-refractivity contribution is 6.30. The number of fused-ring (bicyclic) bond motifs is 2. The molecular formula is C29H28Cl2N2O3. The molecule has 0 saturated carbocycles. The van der Waals surface area contributed by atoms with Crippen LogP contribution in [0.15, 0.2) is 72.8 Å². The van der Waals surface area contributed by atoms with Crippen LogP contribution in [0, 0.1) is 0 Å². The Morgan fingerprint density at radius 1 is 0.917 bits per heavy atom. The topological polar surface area (TPSA) is 58.6 Å². The van der Waals surface area contributed by atoms with Crippen LogP contribution in [0.2, 0.25) is 10.0 Å². The minimum absolute atomic E-state index is 0.0493. The number of benzene rings is 3. The number of piperidine rings is 1. The van der Waals surface area contributed by atoms with E-state index in [0.717, 1.165) is 55.6 Å². The predicted molar refractivity (Wildman–Crippen MR) is 142 cm³/mol. The van der Waals surface area contributed by atoms with Crippen molar-refractivity contribution in [3.05, 3.63) is 105 Å². The number of hydrogen-bond donors (Lipinski definition) is 1. The number of carbonyl (C=O) groups is 2. The van der Waals surface area contributed by atoms with Crippen LogP contribution in [-0.4, -0.2) is 43.0 Å². The summed E-state index contributed by atoms with van der Waals surface area (Å²) in [6, 6.07) is 22.5. The molecule has 0 atom stereocenters. The van der Waals surface area contributed by atoms with Gasteiger partial charge in [0.05, 0.1) is 11.5 Å². The smallest absolute Gasteiger partial charge is 0.339 e. The van der Waals surface area contributed by atoms with Gasteiger partial charge in [0, 0.05) is 48.1 Å². The standard InChI is InChI=1S/C29H28Cl2N2O3/c30-22-10-6-20(7-11-22)26(21-8-12-23(31)13-9-21)27(34)32-16-3-17-33-18-14-29(15-19-33)25-5-2-1-4-24(25)28(35)36-29/h1-2,4-13,26H,3,14-19H2,(H,32,34). The molecule has 3 aromatic rings. The number of rotatable bonds is 7. The number of carbonyl (C=O) groups excluding carboxylic acids is 2. The molecular weight excluding hydrogens is 495 g/mol. The van der Waals surface area contributed by atoms with Gasteiger partial charge >= 0.3 is 5.97 Å². The van der Waals surface area contributed by atoms with Crippen LogP contribution in [0.5, 0.6) is 0 Å². The minimum Gasteiger partial charge on any atom is -0.450 e. The van der Waals surface area contributed by atoms with Gasteiger partial charge in [-0.15, -0.1) is 0 Å². The third kappa shape index (κ3) is 5.15. The van der Waals surface area contributed by atoms with Crippen LogP contribution in [0.4, 0.5) is 0 Å². The Morgan fingerprint density at radius 2 is 1.50 bits per heavy atom. The molecule has 2 aliphatic heterocycles. The van der Waals surface area contributed by atoms with Crippen molar-refractivity contribution in [3.8, 4) is 0 Å². The van der Waals surface area contributed by atoms with Crippen LogP contribution >= 0.6 is 23.2 Å². The van der Waals surface area contributed by atoms with E-state index in [2.05, 4.69) is 10.2 Å². The lowest BCUT2D eigenvalue weighted by Gasteiger charge is -2.38. The third-order valence-corrected chi connectivity index (χ3v) is 7.71. The van der Waals surface area contributed by atoms with Crippen molar-refractivity contribution >= 4 is 35.1 Å². The molecule has 5 rings (SSSR count). The van der Waals surface area contributed by atoms with Gasteiger partial charge in [0.15, 0.2) is 0 Å². The third-order valence-electron chi connectivity index (χ3n) is 7.21. The predicted octanol–water partition coefficient (Wildman–Crippen LogP) is 5.79. The first-order valence-corrected chi connectivity index (χ1v) is 13.0. The summed E-state index contributed by atoms with van der Waals surface area (Å²) in [7, 11) is 0. The fraction of sp³-hybridized carbons (Fsp3) is 0.310. The molecule has 1 N–H and O–H groups in total. The largest absolute Gasteiger partial charge is 0.450 e. The molecule has 0 unspecified atom stereocenters. The number of amides is 1. The molecule has 3 aromatic carbocycles. The summed E-state index contributed by atoms with van der Waals surface area (Å²) in [5, 5.41) is 4.38. The Morgan fingerprint density at radius 3 is 2.11 bits per heavy atom. The van der Waals surface area contributed by atoms with E-state index >= 15 is 0 Å². The van der Waals surface area contributed by atoms with Crippen molar-refractivity contribution < 1.29 is 14.3 Å². The van der Waals surface area contributed by atoms with Gasteiger partial charge in [0.1, 0.15) is 5.60 Å². The van der Waals surface area contributed by atoms with E-state index in [1.54, 1.807) is 24.3 Å². The van der Waals surface area contributed by atoms with Crippen LogP contribution in [0.1, 0.15) is 52.2 Å². The van der Waals surface area contributed by atoms with Crippen molar-refractivity contribution in [2.75, 3.05) is 26.2 Å². The first kappa shape index (κ1) is 24.8. The number of nitrogens with zero attached hydrogens (tertiary/aromatic N) is 1. The lowest BCUT2D eigenvalue weighted by molar-refractivity contribution is -0.121. The number of ether oxygens (including phenoxy) is 1. The highest BCUT2D eigenvalue weighted by Gasteiger charge is 2.46. The van der Waals surface area contributed by atoms with E-state index in [-0.39, 0.29) is 11.9 Å². The first-order valence-electron chi connectivity index (χ1n) is 12.3. The van der Waals surface area contributed by atoms with Gasteiger partial charge in [0.2, 0.25) is 5.91 Å². The summed E-state index contributed by atoms with van der Waals surface area (Å²) >= 11 is 12.1. The van der Waals surface area contributed by atoms with Crippen LogP contribution in [0.3, 0.4) is 0 Å². The Labute approximate surface area is 221 Å². The quantitative estimate of drug-likeness (QED) is 0.315. The number of esters is 1. The van der Waals surface area contributed by atoms with Gasteiger partial charge in [-0.1, -0.05) is 65.7 Å². The zero-order valence-electron chi connectivity index (χ0n) is 19.9. The lowest BCUT2D eigenvalue weighted by atomic mass is 9.84. The molecule has 5 nitrogen and oxygen atoms in total. The van der Waals surface area contributed by atoms with E-state index in [9.17, 15) is 9.59 Å². The number of likely N-dealkylation sites (tertiary alicyclic amines) is 1. The molecule has 2 aliphatic rings. The molecule has 1 saturated heterocycles. The second-order valence-corrected chi connectivity index (χ2v) is 10.3. The summed E-state index contributed by atoms with van der Waals surface area (Å²) in [5.74, 6) is -0.698. The second-order valence-electron chi connectivity index (χ2n) is 9.45. The van der Waals surface area contributed by atoms with Crippen LogP contribution in [0.25, 0.3) is 0 Å². The van der Waals surface area contributed by atoms with Crippen molar-refractivity contribution in [1.29, 1.82) is 0 Å². The monoisotopic (exact) mass is 522 g/mol. The van der Waals surface area contributed by atoms with E-state index in [0.29, 0.717) is 22.2 Å². The summed E-state index contributed by atoms with van der Waals surface area (Å²) in [6.45, 7) is 3.16. The maximum atomic E-state index is 13.2. The summed E-state index contributed by atoms with van der Waals surface area (Å²) in [6.07, 6.45) is 2.41. The van der Waals surface area contributed by atoms with E-state index < -0.39 is 11.5 Å². The molecule has 186 valence electrons. The first-order chi connectivity index (χ1) is 17.4. The molecule has 0 radical (unpaired) electrons. The summed E-state index contributed by atoms with van der Waals surface area (Å²) in [4.78, 5) is 27.9. The number of hydrogen-bond acceptors (Lipinski definition) is 4. The fourth-order valence-electron chi connectivity index (χ4n) is 5.28. The molecule has 1 amide bonds. The minimum atomic E-state index is -0.483. The van der Waals surface area contributed by atoms with Crippen molar-refractivity contribution in [3.63, 3.8) is 0 Å². The van der Waals surface area contributed by atoms with Crippen molar-refractivity contribution in [1.82, 2.24) is 10.2 Å². The van der Waals surface area contributed by atoms with E-state index in [1.165, 1.54) is 0 Å². The Kier molecular flexibility index (Phi) is 7.33. The number of nitrogens with one attached hydrogen (secondary N) is 1. The van der Waals surface area contributed by atoms with E-state index in [1.807, 2.05) is 48.5 Å². The maximum Gasteiger partial charge on any atom is 0.339 e. The molecule has 36 heavy (non-hydrogen) atoms. The lowest BCUT2D eigenvalue weighted by Crippen LogP contribution is -2.43. The van der Waals surface area contributed by atoms with Crippen molar-refractivity contribution in [2.45, 2.75) is 30.8 Å². The zero-order valence-corrected chi connectivity index (χ0v) is 21.4. The molecule has 7 heteroatoms. The molecule has 2 heterocycles. The molecule has 1 fully saturated rings. The van der Waals surface area contributed by atoms with Gasteiger partial charge in [0.25, 0.3) is 0 Å². The van der Waals surface area contributed by atoms with E-state index in [4.69, 9.17) is 27.9 Å². The Hall–Kier alpha value is -2.86. The van der Waals surface area contributed by atoms with Gasteiger partial charge in [-0.3, -0.25) is 4.79 Å².